The zero-order valence-corrected chi connectivity index (χ0v) is 10.7. The van der Waals surface area contributed by atoms with Gasteiger partial charge in [0, 0.05) is 43.8 Å². The second-order valence-corrected chi connectivity index (χ2v) is 4.30. The number of hydrogen-bond donors (Lipinski definition) is 2. The molecular weight excluding hydrogens is 244 g/mol. The molecule has 100 valence electrons. The van der Waals surface area contributed by atoms with Crippen LogP contribution in [0, 0.1) is 6.92 Å². The molecule has 2 aromatic rings. The van der Waals surface area contributed by atoms with E-state index in [4.69, 9.17) is 0 Å². The molecule has 0 atom stereocenters. The van der Waals surface area contributed by atoms with Crippen molar-refractivity contribution in [3.63, 3.8) is 0 Å². The van der Waals surface area contributed by atoms with Crippen LogP contribution in [-0.4, -0.2) is 21.1 Å². The molecule has 0 bridgehead atoms. The van der Waals surface area contributed by atoms with Gasteiger partial charge in [-0.3, -0.25) is 19.3 Å². The van der Waals surface area contributed by atoms with Crippen molar-refractivity contribution in [3.05, 3.63) is 62.7 Å². The van der Waals surface area contributed by atoms with Gasteiger partial charge in [0.25, 0.3) is 5.56 Å². The second-order valence-electron chi connectivity index (χ2n) is 4.30. The van der Waals surface area contributed by atoms with Gasteiger partial charge >= 0.3 is 5.69 Å². The maximum absolute atomic E-state index is 11.5. The summed E-state index contributed by atoms with van der Waals surface area (Å²) in [6, 6.07) is 3.86. The first-order chi connectivity index (χ1) is 9.16. The fraction of sp³-hybridized carbons (Fsp3) is 0.308. The lowest BCUT2D eigenvalue weighted by molar-refractivity contribution is 0.571. The van der Waals surface area contributed by atoms with E-state index in [0.29, 0.717) is 25.2 Å². The number of hydrogen-bond acceptors (Lipinski definition) is 4. The van der Waals surface area contributed by atoms with Gasteiger partial charge in [-0.2, -0.15) is 0 Å². The first kappa shape index (κ1) is 13.2. The largest absolute Gasteiger partial charge is 0.328 e. The summed E-state index contributed by atoms with van der Waals surface area (Å²) in [6.07, 6.45) is 5.10. The molecule has 0 aliphatic rings. The average molecular weight is 260 g/mol. The van der Waals surface area contributed by atoms with Crippen molar-refractivity contribution >= 4 is 0 Å². The lowest BCUT2D eigenvalue weighted by Gasteiger charge is -2.07. The summed E-state index contributed by atoms with van der Waals surface area (Å²) in [6.45, 7) is 3.53. The normalized spacial score (nSPS) is 10.6. The van der Waals surface area contributed by atoms with E-state index in [1.807, 2.05) is 12.1 Å². The van der Waals surface area contributed by atoms with Gasteiger partial charge in [0.05, 0.1) is 0 Å². The highest BCUT2D eigenvalue weighted by Crippen LogP contribution is 1.93. The number of nitrogens with zero attached hydrogens (tertiary/aromatic N) is 2. The molecule has 0 saturated carbocycles. The SMILES string of the molecule is Cc1cn(CCNCc2cccnc2)c(=O)[nH]c1=O. The van der Waals surface area contributed by atoms with Gasteiger partial charge < -0.3 is 5.32 Å². The summed E-state index contributed by atoms with van der Waals surface area (Å²) in [5.74, 6) is 0. The smallest absolute Gasteiger partial charge is 0.311 e. The molecule has 2 heterocycles. The van der Waals surface area contributed by atoms with E-state index in [-0.39, 0.29) is 11.2 Å². The molecule has 0 aliphatic heterocycles. The predicted molar refractivity (Wildman–Crippen MR) is 72.0 cm³/mol. The highest BCUT2D eigenvalue weighted by Gasteiger charge is 2.00. The maximum atomic E-state index is 11.5. The Labute approximate surface area is 110 Å². The minimum absolute atomic E-state index is 0.329. The lowest BCUT2D eigenvalue weighted by Crippen LogP contribution is -2.33. The molecule has 2 N–H and O–H groups in total. The molecule has 19 heavy (non-hydrogen) atoms. The van der Waals surface area contributed by atoms with E-state index >= 15 is 0 Å². The number of aromatic nitrogens is 3. The van der Waals surface area contributed by atoms with E-state index in [9.17, 15) is 9.59 Å². The van der Waals surface area contributed by atoms with Gasteiger partial charge in [0.15, 0.2) is 0 Å². The Morgan fingerprint density at radius 3 is 3.00 bits per heavy atom. The van der Waals surface area contributed by atoms with Gasteiger partial charge in [-0.15, -0.1) is 0 Å². The van der Waals surface area contributed by atoms with E-state index in [1.165, 1.54) is 4.57 Å². The molecule has 6 nitrogen and oxygen atoms in total. The first-order valence-electron chi connectivity index (χ1n) is 6.07. The minimum Gasteiger partial charge on any atom is -0.311 e. The van der Waals surface area contributed by atoms with Gasteiger partial charge in [0.1, 0.15) is 0 Å². The monoisotopic (exact) mass is 260 g/mol. The topological polar surface area (TPSA) is 79.8 Å². The summed E-state index contributed by atoms with van der Waals surface area (Å²) >= 11 is 0. The molecule has 0 unspecified atom stereocenters. The Balaban J connectivity index is 1.88. The number of H-pyrrole nitrogens is 1. The fourth-order valence-electron chi connectivity index (χ4n) is 1.72. The van der Waals surface area contributed by atoms with Crippen LogP contribution in [0.5, 0.6) is 0 Å². The quantitative estimate of drug-likeness (QED) is 0.743. The van der Waals surface area contributed by atoms with E-state index in [0.717, 1.165) is 5.56 Å². The third-order valence-corrected chi connectivity index (χ3v) is 2.77. The molecule has 0 aromatic carbocycles. The average Bonchev–Trinajstić information content (AvgIpc) is 2.41. The van der Waals surface area contributed by atoms with Gasteiger partial charge in [-0.25, -0.2) is 4.79 Å². The van der Waals surface area contributed by atoms with Crippen LogP contribution in [0.2, 0.25) is 0 Å². The number of aryl methyl sites for hydroxylation is 1. The van der Waals surface area contributed by atoms with E-state index in [1.54, 1.807) is 25.5 Å². The number of nitrogens with one attached hydrogen (secondary N) is 2. The fourth-order valence-corrected chi connectivity index (χ4v) is 1.72. The standard InChI is InChI=1S/C13H16N4O2/c1-10-9-17(13(19)16-12(10)18)6-5-15-8-11-3-2-4-14-7-11/h2-4,7,9,15H,5-6,8H2,1H3,(H,16,18,19). The highest BCUT2D eigenvalue weighted by atomic mass is 16.2. The van der Waals surface area contributed by atoms with Gasteiger partial charge in [-0.1, -0.05) is 6.07 Å². The van der Waals surface area contributed by atoms with Crippen LogP contribution in [0.4, 0.5) is 0 Å². The van der Waals surface area contributed by atoms with Gasteiger partial charge in [0.2, 0.25) is 0 Å². The predicted octanol–water partition coefficient (Wildman–Crippen LogP) is 0.0298. The summed E-state index contributed by atoms with van der Waals surface area (Å²) in [5.41, 5.74) is 0.919. The van der Waals surface area contributed by atoms with Crippen molar-refractivity contribution in [2.24, 2.45) is 0 Å². The molecule has 0 spiro atoms. The molecule has 0 aliphatic carbocycles. The Kier molecular flexibility index (Phi) is 4.25. The summed E-state index contributed by atoms with van der Waals surface area (Å²) in [7, 11) is 0. The van der Waals surface area contributed by atoms with E-state index < -0.39 is 0 Å². The number of aromatic amines is 1. The minimum atomic E-state index is -0.376. The van der Waals surface area contributed by atoms with Crippen molar-refractivity contribution in [2.75, 3.05) is 6.54 Å². The molecule has 2 aromatic heterocycles. The summed E-state index contributed by atoms with van der Waals surface area (Å²) < 4.78 is 1.49. The molecule has 0 radical (unpaired) electrons. The van der Waals surface area contributed by atoms with Crippen LogP contribution in [0.1, 0.15) is 11.1 Å². The van der Waals surface area contributed by atoms with Gasteiger partial charge in [-0.05, 0) is 18.6 Å². The zero-order valence-electron chi connectivity index (χ0n) is 10.7. The third-order valence-electron chi connectivity index (χ3n) is 2.77. The van der Waals surface area contributed by atoms with Crippen LogP contribution < -0.4 is 16.6 Å². The van der Waals surface area contributed by atoms with Crippen LogP contribution in [0.25, 0.3) is 0 Å². The summed E-state index contributed by atoms with van der Waals surface area (Å²) in [4.78, 5) is 29.0. The molecule has 0 amide bonds. The highest BCUT2D eigenvalue weighted by molar-refractivity contribution is 5.07. The van der Waals surface area contributed by atoms with Crippen LogP contribution in [0.15, 0.2) is 40.3 Å². The second kappa shape index (κ2) is 6.10. The third kappa shape index (κ3) is 3.62. The zero-order chi connectivity index (χ0) is 13.7. The Bertz CT molecular complexity index is 646. The number of pyridine rings is 1. The van der Waals surface area contributed by atoms with Crippen molar-refractivity contribution in [1.29, 1.82) is 0 Å². The Morgan fingerprint density at radius 1 is 1.42 bits per heavy atom. The molecule has 0 saturated heterocycles. The lowest BCUT2D eigenvalue weighted by atomic mass is 10.3. The van der Waals surface area contributed by atoms with Crippen LogP contribution in [0.3, 0.4) is 0 Å². The molecule has 0 fully saturated rings. The Morgan fingerprint density at radius 2 is 2.26 bits per heavy atom. The molecule has 2 rings (SSSR count). The van der Waals surface area contributed by atoms with Crippen molar-refractivity contribution in [2.45, 2.75) is 20.0 Å². The van der Waals surface area contributed by atoms with Crippen molar-refractivity contribution in [1.82, 2.24) is 19.9 Å². The molecular formula is C13H16N4O2. The van der Waals surface area contributed by atoms with E-state index in [2.05, 4.69) is 15.3 Å². The Hall–Kier alpha value is -2.21. The van der Waals surface area contributed by atoms with Crippen LogP contribution >= 0.6 is 0 Å². The van der Waals surface area contributed by atoms with Crippen LogP contribution in [-0.2, 0) is 13.1 Å². The first-order valence-corrected chi connectivity index (χ1v) is 6.07. The maximum Gasteiger partial charge on any atom is 0.328 e. The molecule has 6 heteroatoms. The van der Waals surface area contributed by atoms with Crippen molar-refractivity contribution < 1.29 is 0 Å². The van der Waals surface area contributed by atoms with Crippen molar-refractivity contribution in [3.8, 4) is 0 Å². The summed E-state index contributed by atoms with van der Waals surface area (Å²) in [5, 5.41) is 3.22. The number of rotatable bonds is 5.